The maximum Gasteiger partial charge on any atom is 0.160 e. The molecule has 0 unspecified atom stereocenters. The number of aryl methyl sites for hydroxylation is 2. The Hall–Kier alpha value is -1.49. The van der Waals surface area contributed by atoms with Crippen LogP contribution in [-0.4, -0.2) is 4.98 Å². The maximum atomic E-state index is 13.0. The van der Waals surface area contributed by atoms with Crippen molar-refractivity contribution in [3.8, 4) is 0 Å². The molecule has 17 heavy (non-hydrogen) atoms. The average Bonchev–Trinajstić information content (AvgIpc) is 2.59. The third-order valence-corrected chi connectivity index (χ3v) is 3.45. The monoisotopic (exact) mass is 254 g/mol. The predicted molar refractivity (Wildman–Crippen MR) is 65.3 cm³/mol. The Morgan fingerprint density at radius 3 is 2.59 bits per heavy atom. The summed E-state index contributed by atoms with van der Waals surface area (Å²) in [4.78, 5) is 5.40. The van der Waals surface area contributed by atoms with Crippen LogP contribution in [0.15, 0.2) is 18.2 Å². The summed E-state index contributed by atoms with van der Waals surface area (Å²) in [5, 5.41) is 4.05. The third-order valence-electron chi connectivity index (χ3n) is 2.37. The number of hydrogen-bond donors (Lipinski definition) is 1. The highest BCUT2D eigenvalue weighted by Crippen LogP contribution is 2.19. The van der Waals surface area contributed by atoms with Crippen LogP contribution in [0.3, 0.4) is 0 Å². The van der Waals surface area contributed by atoms with Gasteiger partial charge in [0.15, 0.2) is 11.6 Å². The van der Waals surface area contributed by atoms with Crippen molar-refractivity contribution in [1.82, 2.24) is 4.98 Å². The van der Waals surface area contributed by atoms with Crippen molar-refractivity contribution in [1.29, 1.82) is 0 Å². The second-order valence-corrected chi connectivity index (χ2v) is 5.01. The van der Waals surface area contributed by atoms with Crippen molar-refractivity contribution in [2.75, 3.05) is 5.32 Å². The highest BCUT2D eigenvalue weighted by Gasteiger charge is 2.06. The number of thiazole rings is 1. The molecule has 0 saturated carbocycles. The fourth-order valence-corrected chi connectivity index (χ4v) is 2.40. The summed E-state index contributed by atoms with van der Waals surface area (Å²) in [7, 11) is 0. The average molecular weight is 254 g/mol. The van der Waals surface area contributed by atoms with E-state index < -0.39 is 11.6 Å². The van der Waals surface area contributed by atoms with Crippen LogP contribution >= 0.6 is 11.3 Å². The number of aromatic nitrogens is 1. The molecular weight excluding hydrogens is 242 g/mol. The van der Waals surface area contributed by atoms with Gasteiger partial charge in [-0.2, -0.15) is 0 Å². The van der Waals surface area contributed by atoms with Gasteiger partial charge in [0.1, 0.15) is 0 Å². The molecule has 0 atom stereocenters. The fraction of sp³-hybridized carbons (Fsp3) is 0.250. The van der Waals surface area contributed by atoms with Gasteiger partial charge in [-0.25, -0.2) is 13.8 Å². The van der Waals surface area contributed by atoms with Gasteiger partial charge in [-0.3, -0.25) is 0 Å². The molecule has 1 N–H and O–H groups in total. The van der Waals surface area contributed by atoms with Crippen molar-refractivity contribution in [3.05, 3.63) is 45.4 Å². The highest BCUT2D eigenvalue weighted by atomic mass is 32.1. The van der Waals surface area contributed by atoms with E-state index in [1.807, 2.05) is 13.8 Å². The zero-order valence-corrected chi connectivity index (χ0v) is 10.4. The lowest BCUT2D eigenvalue weighted by molar-refractivity contribution is 0.509. The molecule has 0 spiro atoms. The summed E-state index contributed by atoms with van der Waals surface area (Å²) in [5.74, 6) is -1.67. The van der Waals surface area contributed by atoms with Gasteiger partial charge in [0.2, 0.25) is 0 Å². The van der Waals surface area contributed by atoms with Gasteiger partial charge in [-0.05, 0) is 26.0 Å². The quantitative estimate of drug-likeness (QED) is 0.904. The molecule has 0 aliphatic heterocycles. The first kappa shape index (κ1) is 12.0. The van der Waals surface area contributed by atoms with Crippen LogP contribution in [-0.2, 0) is 6.54 Å². The first-order valence-corrected chi connectivity index (χ1v) is 6.00. The molecule has 0 aliphatic rings. The largest absolute Gasteiger partial charge is 0.380 e. The molecule has 5 heteroatoms. The third kappa shape index (κ3) is 2.79. The fourth-order valence-electron chi connectivity index (χ4n) is 1.53. The number of hydrogen-bond acceptors (Lipinski definition) is 3. The van der Waals surface area contributed by atoms with Crippen molar-refractivity contribution < 1.29 is 8.78 Å². The van der Waals surface area contributed by atoms with E-state index in [-0.39, 0.29) is 0 Å². The van der Waals surface area contributed by atoms with Gasteiger partial charge in [0.25, 0.3) is 0 Å². The molecule has 90 valence electrons. The van der Waals surface area contributed by atoms with Gasteiger partial charge in [-0.1, -0.05) is 0 Å². The van der Waals surface area contributed by atoms with E-state index in [1.165, 1.54) is 6.07 Å². The predicted octanol–water partition coefficient (Wildman–Crippen LogP) is 3.65. The van der Waals surface area contributed by atoms with Crippen LogP contribution in [0.25, 0.3) is 0 Å². The SMILES string of the molecule is Cc1nc(C)c(CNc2ccc(F)c(F)c2)s1. The van der Waals surface area contributed by atoms with Crippen LogP contribution in [0.4, 0.5) is 14.5 Å². The van der Waals surface area contributed by atoms with E-state index in [2.05, 4.69) is 10.3 Å². The van der Waals surface area contributed by atoms with Gasteiger partial charge in [0.05, 0.1) is 17.2 Å². The molecule has 2 aromatic rings. The summed E-state index contributed by atoms with van der Waals surface area (Å²) in [6.45, 7) is 4.45. The smallest absolute Gasteiger partial charge is 0.160 e. The molecule has 0 aliphatic carbocycles. The van der Waals surface area contributed by atoms with E-state index in [4.69, 9.17) is 0 Å². The topological polar surface area (TPSA) is 24.9 Å². The minimum Gasteiger partial charge on any atom is -0.380 e. The number of nitrogens with zero attached hydrogens (tertiary/aromatic N) is 1. The Morgan fingerprint density at radius 1 is 1.24 bits per heavy atom. The van der Waals surface area contributed by atoms with E-state index in [9.17, 15) is 8.78 Å². The van der Waals surface area contributed by atoms with E-state index in [0.717, 1.165) is 27.7 Å². The van der Waals surface area contributed by atoms with Crippen molar-refractivity contribution >= 4 is 17.0 Å². The summed E-state index contributed by atoms with van der Waals surface area (Å²) < 4.78 is 25.7. The Kier molecular flexibility index (Phi) is 3.38. The van der Waals surface area contributed by atoms with Crippen molar-refractivity contribution in [2.24, 2.45) is 0 Å². The van der Waals surface area contributed by atoms with Crippen LogP contribution < -0.4 is 5.32 Å². The van der Waals surface area contributed by atoms with Crippen molar-refractivity contribution in [3.63, 3.8) is 0 Å². The van der Waals surface area contributed by atoms with Gasteiger partial charge >= 0.3 is 0 Å². The highest BCUT2D eigenvalue weighted by molar-refractivity contribution is 7.11. The zero-order chi connectivity index (χ0) is 12.4. The molecule has 0 radical (unpaired) electrons. The van der Waals surface area contributed by atoms with Crippen LogP contribution in [0.5, 0.6) is 0 Å². The Bertz CT molecular complexity index is 537. The standard InChI is InChI=1S/C12H12F2N2S/c1-7-12(17-8(2)16-7)6-15-9-3-4-10(13)11(14)5-9/h3-5,15H,6H2,1-2H3. The van der Waals surface area contributed by atoms with E-state index in [0.29, 0.717) is 12.2 Å². The second kappa shape index (κ2) is 4.79. The van der Waals surface area contributed by atoms with Gasteiger partial charge in [0, 0.05) is 16.6 Å². The van der Waals surface area contributed by atoms with Crippen molar-refractivity contribution in [2.45, 2.75) is 20.4 Å². The van der Waals surface area contributed by atoms with E-state index >= 15 is 0 Å². The second-order valence-electron chi connectivity index (χ2n) is 3.72. The number of anilines is 1. The van der Waals surface area contributed by atoms with Crippen LogP contribution in [0.1, 0.15) is 15.6 Å². The minimum absolute atomic E-state index is 0.564. The number of halogens is 2. The number of benzene rings is 1. The molecule has 1 heterocycles. The summed E-state index contributed by atoms with van der Waals surface area (Å²) >= 11 is 1.60. The Balaban J connectivity index is 2.07. The molecule has 0 fully saturated rings. The molecule has 0 bridgehead atoms. The van der Waals surface area contributed by atoms with Gasteiger partial charge in [-0.15, -0.1) is 11.3 Å². The maximum absolute atomic E-state index is 13.0. The first-order valence-electron chi connectivity index (χ1n) is 5.18. The molecule has 1 aromatic carbocycles. The van der Waals surface area contributed by atoms with E-state index in [1.54, 1.807) is 11.3 Å². The van der Waals surface area contributed by atoms with Crippen LogP contribution in [0, 0.1) is 25.5 Å². The Morgan fingerprint density at radius 2 is 2.00 bits per heavy atom. The lowest BCUT2D eigenvalue weighted by Crippen LogP contribution is -2.00. The summed E-state index contributed by atoms with van der Waals surface area (Å²) in [6, 6.07) is 3.78. The normalized spacial score (nSPS) is 10.6. The molecule has 2 rings (SSSR count). The molecule has 0 amide bonds. The molecular formula is C12H12F2N2S. The number of nitrogens with one attached hydrogen (secondary N) is 1. The Labute approximate surface area is 102 Å². The van der Waals surface area contributed by atoms with Gasteiger partial charge < -0.3 is 5.32 Å². The lowest BCUT2D eigenvalue weighted by Gasteiger charge is -2.05. The first-order chi connectivity index (χ1) is 8.06. The summed E-state index contributed by atoms with van der Waals surface area (Å²) in [5.41, 5.74) is 1.54. The van der Waals surface area contributed by atoms with Crippen LogP contribution in [0.2, 0.25) is 0 Å². The molecule has 2 nitrogen and oxygen atoms in total. The zero-order valence-electron chi connectivity index (χ0n) is 9.55. The summed E-state index contributed by atoms with van der Waals surface area (Å²) in [6.07, 6.45) is 0. The molecule has 1 aromatic heterocycles. The number of rotatable bonds is 3. The minimum atomic E-state index is -0.841. The lowest BCUT2D eigenvalue weighted by atomic mass is 10.3. The molecule has 0 saturated heterocycles.